The summed E-state index contributed by atoms with van der Waals surface area (Å²) in [6.45, 7) is 4.35. The van der Waals surface area contributed by atoms with Crippen LogP contribution >= 0.6 is 0 Å². The maximum Gasteiger partial charge on any atom is 0.251 e. The van der Waals surface area contributed by atoms with Crippen LogP contribution in [-0.2, 0) is 10.0 Å². The molecule has 0 bridgehead atoms. The minimum atomic E-state index is -3.47. The summed E-state index contributed by atoms with van der Waals surface area (Å²) in [6, 6.07) is 10.4. The van der Waals surface area contributed by atoms with E-state index in [1.165, 1.54) is 4.31 Å². The predicted octanol–water partition coefficient (Wildman–Crippen LogP) is 2.23. The van der Waals surface area contributed by atoms with Crippen LogP contribution in [0.1, 0.15) is 21.5 Å². The molecule has 3 rings (SSSR count). The van der Waals surface area contributed by atoms with Gasteiger partial charge in [0.2, 0.25) is 16.8 Å². The number of fused-ring (bicyclic) bond motifs is 1. The topological polar surface area (TPSA) is 84.9 Å². The number of rotatable bonds is 6. The molecular formula is C19H22N2O5S. The van der Waals surface area contributed by atoms with Gasteiger partial charge in [-0.05, 0) is 55.3 Å². The molecule has 1 aliphatic rings. The molecule has 2 aromatic carbocycles. The molecule has 0 unspecified atom stereocenters. The summed E-state index contributed by atoms with van der Waals surface area (Å²) in [4.78, 5) is 12.3. The van der Waals surface area contributed by atoms with Crippen molar-refractivity contribution in [3.63, 3.8) is 0 Å². The van der Waals surface area contributed by atoms with Gasteiger partial charge < -0.3 is 14.8 Å². The van der Waals surface area contributed by atoms with Gasteiger partial charge in [0.25, 0.3) is 5.91 Å². The molecule has 1 amide bonds. The van der Waals surface area contributed by atoms with Crippen molar-refractivity contribution in [2.45, 2.75) is 13.8 Å². The Kier molecular flexibility index (Phi) is 5.27. The second-order valence-corrected chi connectivity index (χ2v) is 8.33. The third kappa shape index (κ3) is 4.33. The first-order valence-corrected chi connectivity index (χ1v) is 10.3. The lowest BCUT2D eigenvalue weighted by atomic mass is 10.1. The number of hydrogen-bond acceptors (Lipinski definition) is 5. The van der Waals surface area contributed by atoms with E-state index in [0.29, 0.717) is 22.7 Å². The van der Waals surface area contributed by atoms with Crippen molar-refractivity contribution >= 4 is 21.6 Å². The summed E-state index contributed by atoms with van der Waals surface area (Å²) >= 11 is 0. The zero-order valence-corrected chi connectivity index (χ0v) is 16.3. The van der Waals surface area contributed by atoms with Crippen molar-refractivity contribution < 1.29 is 22.7 Å². The van der Waals surface area contributed by atoms with Crippen LogP contribution in [0.5, 0.6) is 11.5 Å². The molecule has 0 aliphatic carbocycles. The molecule has 8 heteroatoms. The highest BCUT2D eigenvalue weighted by atomic mass is 32.2. The van der Waals surface area contributed by atoms with Gasteiger partial charge in [-0.15, -0.1) is 0 Å². The van der Waals surface area contributed by atoms with E-state index in [9.17, 15) is 13.2 Å². The Bertz CT molecular complexity index is 972. The van der Waals surface area contributed by atoms with E-state index in [1.54, 1.807) is 24.3 Å². The maximum absolute atomic E-state index is 12.3. The fraction of sp³-hybridized carbons (Fsp3) is 0.316. The number of aryl methyl sites for hydroxylation is 2. The van der Waals surface area contributed by atoms with Crippen molar-refractivity contribution in [1.82, 2.24) is 5.32 Å². The van der Waals surface area contributed by atoms with Crippen LogP contribution in [0.3, 0.4) is 0 Å². The molecule has 0 saturated carbocycles. The first-order valence-electron chi connectivity index (χ1n) is 8.48. The van der Waals surface area contributed by atoms with Crippen LogP contribution in [-0.4, -0.2) is 40.5 Å². The molecule has 2 aromatic rings. The predicted molar refractivity (Wildman–Crippen MR) is 103 cm³/mol. The number of sulfonamides is 1. The molecule has 1 N–H and O–H groups in total. The largest absolute Gasteiger partial charge is 0.454 e. The van der Waals surface area contributed by atoms with Crippen molar-refractivity contribution in [2.75, 3.05) is 30.4 Å². The van der Waals surface area contributed by atoms with Gasteiger partial charge in [0.15, 0.2) is 11.5 Å². The number of carbonyl (C=O) groups is 1. The van der Waals surface area contributed by atoms with E-state index in [2.05, 4.69) is 5.32 Å². The molecule has 0 saturated heterocycles. The highest BCUT2D eigenvalue weighted by molar-refractivity contribution is 7.92. The number of benzene rings is 2. The Morgan fingerprint density at radius 3 is 2.52 bits per heavy atom. The Morgan fingerprint density at radius 2 is 1.81 bits per heavy atom. The summed E-state index contributed by atoms with van der Waals surface area (Å²) in [6.07, 6.45) is 1.15. The SMILES string of the molecule is Cc1ccc(N(CCNC(=O)c2ccc3c(c2)OCO3)S(C)(=O)=O)cc1C. The average Bonchev–Trinajstić information content (AvgIpc) is 3.07. The van der Waals surface area contributed by atoms with Crippen molar-refractivity contribution in [3.8, 4) is 11.5 Å². The van der Waals surface area contributed by atoms with Crippen LogP contribution in [0, 0.1) is 13.8 Å². The zero-order chi connectivity index (χ0) is 19.6. The number of anilines is 1. The van der Waals surface area contributed by atoms with Crippen molar-refractivity contribution in [3.05, 3.63) is 53.1 Å². The standard InChI is InChI=1S/C19H22N2O5S/c1-13-4-6-16(10-14(13)2)21(27(3,23)24)9-8-20-19(22)15-5-7-17-18(11-15)26-12-25-17/h4-7,10-11H,8-9,12H2,1-3H3,(H,20,22). The second-order valence-electron chi connectivity index (χ2n) is 6.43. The van der Waals surface area contributed by atoms with Crippen LogP contribution in [0.4, 0.5) is 5.69 Å². The van der Waals surface area contributed by atoms with E-state index in [-0.39, 0.29) is 25.8 Å². The Hall–Kier alpha value is -2.74. The second kappa shape index (κ2) is 7.48. The van der Waals surface area contributed by atoms with Crippen LogP contribution in [0.15, 0.2) is 36.4 Å². The molecule has 0 aromatic heterocycles. The van der Waals surface area contributed by atoms with Crippen LogP contribution in [0.25, 0.3) is 0 Å². The third-order valence-electron chi connectivity index (χ3n) is 4.41. The van der Waals surface area contributed by atoms with E-state index in [4.69, 9.17) is 9.47 Å². The third-order valence-corrected chi connectivity index (χ3v) is 5.61. The highest BCUT2D eigenvalue weighted by Crippen LogP contribution is 2.32. The molecule has 7 nitrogen and oxygen atoms in total. The molecule has 144 valence electrons. The van der Waals surface area contributed by atoms with E-state index in [0.717, 1.165) is 17.4 Å². The molecule has 27 heavy (non-hydrogen) atoms. The number of nitrogens with one attached hydrogen (secondary N) is 1. The molecule has 0 fully saturated rings. The van der Waals surface area contributed by atoms with Crippen LogP contribution < -0.4 is 19.1 Å². The minimum absolute atomic E-state index is 0.137. The molecule has 1 heterocycles. The van der Waals surface area contributed by atoms with E-state index in [1.807, 2.05) is 26.0 Å². The summed E-state index contributed by atoms with van der Waals surface area (Å²) in [5.74, 6) is 0.821. The summed E-state index contributed by atoms with van der Waals surface area (Å²) in [7, 11) is -3.47. The maximum atomic E-state index is 12.3. The average molecular weight is 390 g/mol. The summed E-state index contributed by atoms with van der Waals surface area (Å²) < 4.78 is 36.1. The van der Waals surface area contributed by atoms with Gasteiger partial charge in [-0.1, -0.05) is 6.07 Å². The number of amides is 1. The summed E-state index contributed by atoms with van der Waals surface area (Å²) in [5, 5.41) is 2.75. The zero-order valence-electron chi connectivity index (χ0n) is 15.5. The van der Waals surface area contributed by atoms with Gasteiger partial charge in [-0.3, -0.25) is 9.10 Å². The summed E-state index contributed by atoms with van der Waals surface area (Å²) in [5.41, 5.74) is 3.10. The number of hydrogen-bond donors (Lipinski definition) is 1. The van der Waals surface area contributed by atoms with Gasteiger partial charge in [0, 0.05) is 12.1 Å². The molecule has 0 atom stereocenters. The van der Waals surface area contributed by atoms with E-state index < -0.39 is 10.0 Å². The van der Waals surface area contributed by atoms with Crippen molar-refractivity contribution in [2.24, 2.45) is 0 Å². The van der Waals surface area contributed by atoms with Crippen LogP contribution in [0.2, 0.25) is 0 Å². The molecule has 0 spiro atoms. The first kappa shape index (κ1) is 19.0. The number of nitrogens with zero attached hydrogens (tertiary/aromatic N) is 1. The van der Waals surface area contributed by atoms with E-state index >= 15 is 0 Å². The Labute approximate surface area is 158 Å². The van der Waals surface area contributed by atoms with Crippen molar-refractivity contribution in [1.29, 1.82) is 0 Å². The Balaban J connectivity index is 1.67. The lowest BCUT2D eigenvalue weighted by Gasteiger charge is -2.23. The Morgan fingerprint density at radius 1 is 1.07 bits per heavy atom. The highest BCUT2D eigenvalue weighted by Gasteiger charge is 2.19. The van der Waals surface area contributed by atoms with Gasteiger partial charge in [-0.2, -0.15) is 0 Å². The molecule has 1 aliphatic heterocycles. The minimum Gasteiger partial charge on any atom is -0.454 e. The van der Waals surface area contributed by atoms with Gasteiger partial charge in [0.05, 0.1) is 18.5 Å². The fourth-order valence-corrected chi connectivity index (χ4v) is 3.70. The monoisotopic (exact) mass is 390 g/mol. The van der Waals surface area contributed by atoms with Gasteiger partial charge >= 0.3 is 0 Å². The fourth-order valence-electron chi connectivity index (χ4n) is 2.78. The lowest BCUT2D eigenvalue weighted by molar-refractivity contribution is 0.0954. The normalized spacial score (nSPS) is 12.7. The van der Waals surface area contributed by atoms with Gasteiger partial charge in [-0.25, -0.2) is 8.42 Å². The molecular weight excluding hydrogens is 368 g/mol. The first-order chi connectivity index (χ1) is 12.8. The molecule has 0 radical (unpaired) electrons. The lowest BCUT2D eigenvalue weighted by Crippen LogP contribution is -2.38. The smallest absolute Gasteiger partial charge is 0.251 e. The number of ether oxygens (including phenoxy) is 2. The quantitative estimate of drug-likeness (QED) is 0.818. The van der Waals surface area contributed by atoms with Gasteiger partial charge in [0.1, 0.15) is 0 Å². The number of carbonyl (C=O) groups excluding carboxylic acids is 1.